The first kappa shape index (κ1) is 11.8. The van der Waals surface area contributed by atoms with Gasteiger partial charge in [-0.15, -0.1) is 0 Å². The summed E-state index contributed by atoms with van der Waals surface area (Å²) in [7, 11) is 3.26. The summed E-state index contributed by atoms with van der Waals surface area (Å²) in [6, 6.07) is 5.57. The molecule has 0 amide bonds. The molecule has 3 heteroatoms. The summed E-state index contributed by atoms with van der Waals surface area (Å²) >= 11 is 4.10. The van der Waals surface area contributed by atoms with E-state index in [1.807, 2.05) is 18.2 Å². The Morgan fingerprint density at radius 1 is 1.27 bits per heavy atom. The molecular weight excluding hydrogens is 208 g/mol. The Morgan fingerprint density at radius 3 is 2.67 bits per heavy atom. The van der Waals surface area contributed by atoms with E-state index in [0.717, 1.165) is 29.2 Å². The van der Waals surface area contributed by atoms with Crippen molar-refractivity contribution in [2.24, 2.45) is 0 Å². The predicted octanol–water partition coefficient (Wildman–Crippen LogP) is 2.38. The van der Waals surface area contributed by atoms with Gasteiger partial charge in [0.25, 0.3) is 0 Å². The van der Waals surface area contributed by atoms with Crippen molar-refractivity contribution >= 4 is 12.6 Å². The van der Waals surface area contributed by atoms with Gasteiger partial charge >= 0.3 is 0 Å². The van der Waals surface area contributed by atoms with Crippen molar-refractivity contribution in [1.29, 1.82) is 0 Å². The molecule has 15 heavy (non-hydrogen) atoms. The van der Waals surface area contributed by atoms with Crippen molar-refractivity contribution in [1.82, 2.24) is 0 Å². The molecule has 0 aliphatic carbocycles. The molecule has 80 valence electrons. The van der Waals surface area contributed by atoms with E-state index in [2.05, 4.69) is 24.5 Å². The van der Waals surface area contributed by atoms with Crippen LogP contribution in [-0.4, -0.2) is 20.0 Å². The second-order valence-electron chi connectivity index (χ2n) is 2.84. The Labute approximate surface area is 96.0 Å². The quantitative estimate of drug-likeness (QED) is 0.625. The van der Waals surface area contributed by atoms with Gasteiger partial charge in [0.2, 0.25) is 0 Å². The second-order valence-corrected chi connectivity index (χ2v) is 3.29. The molecule has 0 aromatic heterocycles. The van der Waals surface area contributed by atoms with E-state index >= 15 is 0 Å². The molecule has 0 radical (unpaired) electrons. The largest absolute Gasteiger partial charge is 0.497 e. The molecule has 0 saturated heterocycles. The van der Waals surface area contributed by atoms with Crippen molar-refractivity contribution < 1.29 is 9.47 Å². The third kappa shape index (κ3) is 3.41. The Hall–Kier alpha value is -1.27. The Morgan fingerprint density at radius 2 is 2.07 bits per heavy atom. The molecular formula is C12H14O2S. The first-order chi connectivity index (χ1) is 7.31. The molecule has 0 unspecified atom stereocenters. The topological polar surface area (TPSA) is 18.5 Å². The summed E-state index contributed by atoms with van der Waals surface area (Å²) in [4.78, 5) is 0. The highest BCUT2D eigenvalue weighted by molar-refractivity contribution is 7.80. The van der Waals surface area contributed by atoms with E-state index in [1.165, 1.54) is 0 Å². The molecule has 0 fully saturated rings. The van der Waals surface area contributed by atoms with E-state index < -0.39 is 0 Å². The number of rotatable bonds is 3. The highest BCUT2D eigenvalue weighted by atomic mass is 32.1. The number of hydrogen-bond acceptors (Lipinski definition) is 3. The minimum Gasteiger partial charge on any atom is -0.497 e. The molecule has 0 N–H and O–H groups in total. The van der Waals surface area contributed by atoms with Crippen molar-refractivity contribution in [3.05, 3.63) is 23.8 Å². The number of hydrogen-bond donors (Lipinski definition) is 1. The van der Waals surface area contributed by atoms with Crippen LogP contribution in [0.4, 0.5) is 0 Å². The van der Waals surface area contributed by atoms with Gasteiger partial charge in [-0.1, -0.05) is 11.8 Å². The van der Waals surface area contributed by atoms with Crippen molar-refractivity contribution in [3.8, 4) is 23.3 Å². The first-order valence-electron chi connectivity index (χ1n) is 4.63. The number of benzene rings is 1. The lowest BCUT2D eigenvalue weighted by Gasteiger charge is -2.05. The van der Waals surface area contributed by atoms with Crippen molar-refractivity contribution in [2.45, 2.75) is 6.42 Å². The van der Waals surface area contributed by atoms with E-state index in [4.69, 9.17) is 9.47 Å². The summed E-state index contributed by atoms with van der Waals surface area (Å²) in [6.07, 6.45) is 0.767. The Bertz CT molecular complexity index is 377. The minimum atomic E-state index is 0.763. The van der Waals surface area contributed by atoms with Crippen LogP contribution < -0.4 is 9.47 Å². The van der Waals surface area contributed by atoms with E-state index in [0.29, 0.717) is 0 Å². The lowest BCUT2D eigenvalue weighted by molar-refractivity contribution is 0.402. The third-order valence-electron chi connectivity index (χ3n) is 1.87. The van der Waals surface area contributed by atoms with Crippen LogP contribution in [0.5, 0.6) is 11.5 Å². The van der Waals surface area contributed by atoms with E-state index in [1.54, 1.807) is 14.2 Å². The highest BCUT2D eigenvalue weighted by Crippen LogP contribution is 2.22. The molecule has 0 spiro atoms. The smallest absolute Gasteiger partial charge is 0.134 e. The van der Waals surface area contributed by atoms with E-state index in [-0.39, 0.29) is 0 Å². The Kier molecular flexibility index (Phi) is 4.92. The summed E-state index contributed by atoms with van der Waals surface area (Å²) in [5, 5.41) is 0. The fraction of sp³-hybridized carbons (Fsp3) is 0.333. The SMILES string of the molecule is COc1ccc(OC)c(C#CCCS)c1. The molecule has 1 rings (SSSR count). The van der Waals surface area contributed by atoms with Crippen LogP contribution in [0, 0.1) is 11.8 Å². The average Bonchev–Trinajstić information content (AvgIpc) is 2.29. The maximum atomic E-state index is 5.20. The normalized spacial score (nSPS) is 9.00. The van der Waals surface area contributed by atoms with Crippen molar-refractivity contribution in [2.75, 3.05) is 20.0 Å². The zero-order chi connectivity index (χ0) is 11.1. The lowest BCUT2D eigenvalue weighted by atomic mass is 10.2. The molecule has 0 atom stereocenters. The average molecular weight is 222 g/mol. The minimum absolute atomic E-state index is 0.763. The van der Waals surface area contributed by atoms with Crippen LogP contribution >= 0.6 is 12.6 Å². The molecule has 1 aromatic carbocycles. The van der Waals surface area contributed by atoms with Gasteiger partial charge in [0.15, 0.2) is 0 Å². The van der Waals surface area contributed by atoms with E-state index in [9.17, 15) is 0 Å². The molecule has 0 bridgehead atoms. The number of thiol groups is 1. The first-order valence-corrected chi connectivity index (χ1v) is 5.27. The van der Waals surface area contributed by atoms with Gasteiger partial charge in [-0.25, -0.2) is 0 Å². The summed E-state index contributed by atoms with van der Waals surface area (Å²) in [5.41, 5.74) is 0.846. The fourth-order valence-corrected chi connectivity index (χ4v) is 1.24. The zero-order valence-corrected chi connectivity index (χ0v) is 9.80. The van der Waals surface area contributed by atoms with Gasteiger partial charge in [-0.2, -0.15) is 12.6 Å². The Balaban J connectivity index is 2.97. The van der Waals surface area contributed by atoms with Crippen LogP contribution in [0.2, 0.25) is 0 Å². The summed E-state index contributed by atoms with van der Waals surface area (Å²) in [5.74, 6) is 8.36. The summed E-state index contributed by atoms with van der Waals surface area (Å²) < 4.78 is 10.3. The van der Waals surface area contributed by atoms with Crippen LogP contribution in [0.15, 0.2) is 18.2 Å². The molecule has 0 saturated carbocycles. The number of methoxy groups -OCH3 is 2. The fourth-order valence-electron chi connectivity index (χ4n) is 1.13. The molecule has 0 aliphatic heterocycles. The van der Waals surface area contributed by atoms with Gasteiger partial charge in [-0.3, -0.25) is 0 Å². The molecule has 2 nitrogen and oxygen atoms in total. The standard InChI is InChI=1S/C12H14O2S/c1-13-11-6-7-12(14-2)10(9-11)5-3-4-8-15/h6-7,9,15H,4,8H2,1-2H3. The lowest BCUT2D eigenvalue weighted by Crippen LogP contribution is -1.90. The van der Waals surface area contributed by atoms with Gasteiger partial charge < -0.3 is 9.47 Å². The molecule has 0 aliphatic rings. The number of ether oxygens (including phenoxy) is 2. The van der Waals surface area contributed by atoms with Crippen LogP contribution in [-0.2, 0) is 0 Å². The van der Waals surface area contributed by atoms with Crippen LogP contribution in [0.25, 0.3) is 0 Å². The van der Waals surface area contributed by atoms with Gasteiger partial charge in [-0.05, 0) is 18.2 Å². The van der Waals surface area contributed by atoms with Gasteiger partial charge in [0.1, 0.15) is 11.5 Å². The molecule has 0 heterocycles. The van der Waals surface area contributed by atoms with Crippen LogP contribution in [0.1, 0.15) is 12.0 Å². The highest BCUT2D eigenvalue weighted by Gasteiger charge is 2.01. The van der Waals surface area contributed by atoms with Crippen LogP contribution in [0.3, 0.4) is 0 Å². The monoisotopic (exact) mass is 222 g/mol. The van der Waals surface area contributed by atoms with Gasteiger partial charge in [0, 0.05) is 12.2 Å². The summed E-state index contributed by atoms with van der Waals surface area (Å²) in [6.45, 7) is 0. The predicted molar refractivity (Wildman–Crippen MR) is 64.9 cm³/mol. The second kappa shape index (κ2) is 6.26. The zero-order valence-electron chi connectivity index (χ0n) is 8.91. The maximum absolute atomic E-state index is 5.20. The van der Waals surface area contributed by atoms with Gasteiger partial charge in [0.05, 0.1) is 19.8 Å². The molecule has 1 aromatic rings. The third-order valence-corrected chi connectivity index (χ3v) is 2.09. The maximum Gasteiger partial charge on any atom is 0.134 e. The van der Waals surface area contributed by atoms with Crippen molar-refractivity contribution in [3.63, 3.8) is 0 Å².